The maximum atomic E-state index is 12.7. The number of amides is 3. The Hall–Kier alpha value is -2.16. The fourth-order valence-corrected chi connectivity index (χ4v) is 6.31. The van der Waals surface area contributed by atoms with Crippen LogP contribution in [0.2, 0.25) is 0 Å². The molecule has 28 heavy (non-hydrogen) atoms. The molecule has 0 aromatic heterocycles. The van der Waals surface area contributed by atoms with Gasteiger partial charge >= 0.3 is 6.03 Å². The Morgan fingerprint density at radius 2 is 2.04 bits per heavy atom. The molecule has 4 N–H and O–H groups in total. The van der Waals surface area contributed by atoms with Crippen molar-refractivity contribution in [1.82, 2.24) is 15.5 Å². The summed E-state index contributed by atoms with van der Waals surface area (Å²) in [6.07, 6.45) is 0.715. The number of likely N-dealkylation sites (tertiary alicyclic amines) is 1. The number of aliphatic hydroxyl groups is 2. The fraction of sp³-hybridized carbons (Fsp3) is 0.600. The molecule has 8 nitrogen and oxygen atoms in total. The normalized spacial score (nSPS) is 41.9. The van der Waals surface area contributed by atoms with Gasteiger partial charge in [0.25, 0.3) is 5.91 Å². The van der Waals surface area contributed by atoms with Crippen LogP contribution in [0.25, 0.3) is 0 Å². The van der Waals surface area contributed by atoms with Gasteiger partial charge in [-0.1, -0.05) is 6.07 Å². The Kier molecular flexibility index (Phi) is 3.49. The first-order valence-electron chi connectivity index (χ1n) is 9.69. The van der Waals surface area contributed by atoms with E-state index in [9.17, 15) is 19.8 Å². The summed E-state index contributed by atoms with van der Waals surface area (Å²) in [5.41, 5.74) is -1.44. The van der Waals surface area contributed by atoms with Crippen LogP contribution in [0.4, 0.5) is 4.79 Å². The van der Waals surface area contributed by atoms with E-state index >= 15 is 0 Å². The van der Waals surface area contributed by atoms with Crippen molar-refractivity contribution < 1.29 is 24.5 Å². The number of rotatable bonds is 1. The number of hydrogen-bond donors (Lipinski definition) is 4. The number of aliphatic hydroxyl groups excluding tert-OH is 1. The van der Waals surface area contributed by atoms with E-state index in [4.69, 9.17) is 4.74 Å². The van der Waals surface area contributed by atoms with Gasteiger partial charge in [-0.2, -0.15) is 0 Å². The zero-order valence-corrected chi connectivity index (χ0v) is 16.0. The molecule has 2 saturated heterocycles. The highest BCUT2D eigenvalue weighted by Crippen LogP contribution is 2.62. The van der Waals surface area contributed by atoms with Crippen molar-refractivity contribution in [2.75, 3.05) is 20.7 Å². The van der Waals surface area contributed by atoms with E-state index in [0.29, 0.717) is 38.0 Å². The molecule has 2 aliphatic heterocycles. The summed E-state index contributed by atoms with van der Waals surface area (Å²) in [5, 5.41) is 28.4. The van der Waals surface area contributed by atoms with Crippen molar-refractivity contribution in [3.05, 3.63) is 29.3 Å². The highest BCUT2D eigenvalue weighted by atomic mass is 16.5. The molecule has 1 saturated carbocycles. The summed E-state index contributed by atoms with van der Waals surface area (Å²) >= 11 is 0. The lowest BCUT2D eigenvalue weighted by Crippen LogP contribution is -2.76. The molecule has 8 heteroatoms. The lowest BCUT2D eigenvalue weighted by atomic mass is 9.46. The van der Waals surface area contributed by atoms with Crippen molar-refractivity contribution in [3.8, 4) is 5.75 Å². The molecule has 0 radical (unpaired) electrons. The highest BCUT2D eigenvalue weighted by molar-refractivity contribution is 6.07. The minimum absolute atomic E-state index is 0.297. The van der Waals surface area contributed by atoms with Crippen LogP contribution in [0.15, 0.2) is 18.2 Å². The topological polar surface area (TPSA) is 111 Å². The van der Waals surface area contributed by atoms with Gasteiger partial charge in [0.2, 0.25) is 0 Å². The van der Waals surface area contributed by atoms with Gasteiger partial charge in [0.05, 0.1) is 24.9 Å². The molecule has 1 aromatic rings. The van der Waals surface area contributed by atoms with Crippen LogP contribution in [0.5, 0.6) is 5.75 Å². The predicted molar refractivity (Wildman–Crippen MR) is 98.9 cm³/mol. The maximum absolute atomic E-state index is 12.7. The molecule has 4 aliphatic rings. The average Bonchev–Trinajstić information content (AvgIpc) is 2.94. The molecule has 2 aliphatic carbocycles. The van der Waals surface area contributed by atoms with Crippen molar-refractivity contribution >= 4 is 11.9 Å². The molecule has 150 valence electrons. The Bertz CT molecular complexity index is 891. The van der Waals surface area contributed by atoms with Crippen molar-refractivity contribution in [2.45, 2.75) is 54.4 Å². The van der Waals surface area contributed by atoms with Gasteiger partial charge < -0.3 is 20.3 Å². The van der Waals surface area contributed by atoms with Crippen molar-refractivity contribution in [1.29, 1.82) is 0 Å². The van der Waals surface area contributed by atoms with E-state index in [-0.39, 0.29) is 5.91 Å². The molecule has 5 unspecified atom stereocenters. The van der Waals surface area contributed by atoms with E-state index in [1.807, 2.05) is 24.1 Å². The van der Waals surface area contributed by atoms with E-state index in [0.717, 1.165) is 11.1 Å². The lowest BCUT2D eigenvalue weighted by Gasteiger charge is -2.66. The van der Waals surface area contributed by atoms with Crippen LogP contribution in [-0.2, 0) is 10.2 Å². The average molecular weight is 387 g/mol. The predicted octanol–water partition coefficient (Wildman–Crippen LogP) is 0.177. The van der Waals surface area contributed by atoms with Gasteiger partial charge in [0.15, 0.2) is 0 Å². The molecular formula is C20H25N3O5. The van der Waals surface area contributed by atoms with Crippen LogP contribution >= 0.6 is 0 Å². The van der Waals surface area contributed by atoms with Crippen LogP contribution < -0.4 is 15.4 Å². The fourth-order valence-electron chi connectivity index (χ4n) is 6.31. The van der Waals surface area contributed by atoms with E-state index in [1.165, 1.54) is 0 Å². The van der Waals surface area contributed by atoms with Gasteiger partial charge in [-0.25, -0.2) is 4.79 Å². The largest absolute Gasteiger partial charge is 0.497 e. The van der Waals surface area contributed by atoms with Gasteiger partial charge in [-0.05, 0) is 62.5 Å². The molecular weight excluding hydrogens is 362 g/mol. The number of fused-ring (bicyclic) bond motifs is 1. The first-order chi connectivity index (χ1) is 13.3. The van der Waals surface area contributed by atoms with Crippen LogP contribution in [0.1, 0.15) is 42.9 Å². The summed E-state index contributed by atoms with van der Waals surface area (Å²) in [6, 6.07) is 4.57. The number of piperidine rings is 1. The Labute approximate surface area is 162 Å². The van der Waals surface area contributed by atoms with E-state index in [2.05, 4.69) is 10.6 Å². The van der Waals surface area contributed by atoms with Gasteiger partial charge in [0.1, 0.15) is 11.3 Å². The van der Waals surface area contributed by atoms with Crippen LogP contribution in [0, 0.1) is 0 Å². The number of hydrogen-bond acceptors (Lipinski definition) is 6. The highest BCUT2D eigenvalue weighted by Gasteiger charge is 2.70. The van der Waals surface area contributed by atoms with E-state index in [1.54, 1.807) is 13.2 Å². The zero-order valence-electron chi connectivity index (χ0n) is 16.0. The third-order valence-corrected chi connectivity index (χ3v) is 7.63. The SMILES string of the molecule is COc1ccc2c(c1)C13CCN(C)C(C2O)C1(O)CCC1(C3)NC(=O)NC1=O. The second-order valence-corrected chi connectivity index (χ2v) is 8.75. The standard InChI is InChI=1S/C20H25N3O5/c1-23-8-7-18-10-19(16(25)21-17(26)22-19)5-6-20(18,27)15(23)14(24)12-4-3-11(28-2)9-13(12)18/h3-4,9,14-15,24,27H,5-8,10H2,1-2H3,(H2,21,22,25,26). The van der Waals surface area contributed by atoms with Crippen LogP contribution in [-0.4, -0.2) is 64.9 Å². The van der Waals surface area contributed by atoms with Crippen LogP contribution in [0.3, 0.4) is 0 Å². The quantitative estimate of drug-likeness (QED) is 0.512. The second kappa shape index (κ2) is 5.46. The number of imide groups is 1. The number of benzene rings is 1. The molecule has 5 atom stereocenters. The molecule has 2 bridgehead atoms. The maximum Gasteiger partial charge on any atom is 0.322 e. The monoisotopic (exact) mass is 387 g/mol. The van der Waals surface area contributed by atoms with Gasteiger partial charge in [0, 0.05) is 5.41 Å². The van der Waals surface area contributed by atoms with Gasteiger partial charge in [-0.3, -0.25) is 15.0 Å². The minimum Gasteiger partial charge on any atom is -0.497 e. The third-order valence-electron chi connectivity index (χ3n) is 7.63. The number of urea groups is 1. The zero-order chi connectivity index (χ0) is 19.9. The Morgan fingerprint density at radius 3 is 2.71 bits per heavy atom. The number of carbonyl (C=O) groups excluding carboxylic acids is 2. The number of carbonyl (C=O) groups is 2. The summed E-state index contributed by atoms with van der Waals surface area (Å²) in [6.45, 7) is 0.673. The van der Waals surface area contributed by atoms with Crippen molar-refractivity contribution in [2.24, 2.45) is 0 Å². The number of likely N-dealkylation sites (N-methyl/N-ethyl adjacent to an activating group) is 1. The Balaban J connectivity index is 1.74. The number of ether oxygens (including phenoxy) is 1. The molecule has 3 amide bonds. The number of nitrogens with one attached hydrogen (secondary N) is 2. The molecule has 1 aromatic carbocycles. The smallest absolute Gasteiger partial charge is 0.322 e. The molecule has 1 spiro atoms. The van der Waals surface area contributed by atoms with E-state index < -0.39 is 34.7 Å². The van der Waals surface area contributed by atoms with Crippen molar-refractivity contribution in [3.63, 3.8) is 0 Å². The first-order valence-corrected chi connectivity index (χ1v) is 9.69. The van der Waals surface area contributed by atoms with Gasteiger partial charge in [-0.15, -0.1) is 0 Å². The summed E-state index contributed by atoms with van der Waals surface area (Å²) < 4.78 is 5.42. The lowest BCUT2D eigenvalue weighted by molar-refractivity contribution is -0.202. The minimum atomic E-state index is -1.21. The molecule has 5 rings (SSSR count). The number of nitrogens with zero attached hydrogens (tertiary/aromatic N) is 1. The number of methoxy groups -OCH3 is 1. The molecule has 3 fully saturated rings. The first kappa shape index (κ1) is 17.9. The molecule has 2 heterocycles. The third kappa shape index (κ3) is 1.95. The summed E-state index contributed by atoms with van der Waals surface area (Å²) in [7, 11) is 3.49. The Morgan fingerprint density at radius 1 is 1.25 bits per heavy atom. The summed E-state index contributed by atoms with van der Waals surface area (Å²) in [5.74, 6) is 0.305. The summed E-state index contributed by atoms with van der Waals surface area (Å²) in [4.78, 5) is 26.6. The second-order valence-electron chi connectivity index (χ2n) is 8.75.